The van der Waals surface area contributed by atoms with Gasteiger partial charge in [-0.2, -0.15) is 5.10 Å². The van der Waals surface area contributed by atoms with Gasteiger partial charge in [0.25, 0.3) is 5.91 Å². The molecule has 0 spiro atoms. The number of nitrogens with zero attached hydrogens (tertiary/aromatic N) is 3. The zero-order valence-corrected chi connectivity index (χ0v) is 18.4. The van der Waals surface area contributed by atoms with Crippen LogP contribution in [0.4, 0.5) is 0 Å². The normalized spacial score (nSPS) is 12.2. The Morgan fingerprint density at radius 2 is 1.60 bits per heavy atom. The third-order valence-electron chi connectivity index (χ3n) is 5.66. The number of nitrogens with one attached hydrogen (secondary N) is 1. The Morgan fingerprint density at radius 3 is 2.20 bits per heavy atom. The van der Waals surface area contributed by atoms with Gasteiger partial charge in [-0.1, -0.05) is 62.4 Å². The summed E-state index contributed by atoms with van der Waals surface area (Å²) < 4.78 is 1.84. The van der Waals surface area contributed by atoms with Crippen molar-refractivity contribution in [1.29, 1.82) is 0 Å². The lowest BCUT2D eigenvalue weighted by Gasteiger charge is -2.30. The zero-order valence-electron chi connectivity index (χ0n) is 18.4. The van der Waals surface area contributed by atoms with Crippen molar-refractivity contribution in [3.8, 4) is 5.69 Å². The summed E-state index contributed by atoms with van der Waals surface area (Å²) in [6, 6.07) is 20.6. The first-order valence-electron chi connectivity index (χ1n) is 10.7. The molecule has 5 nitrogen and oxygen atoms in total. The number of carbonyl (C=O) groups excluding carboxylic acids is 1. The number of hydrogen-bond acceptors (Lipinski definition) is 3. The van der Waals surface area contributed by atoms with Gasteiger partial charge in [0, 0.05) is 12.6 Å². The van der Waals surface area contributed by atoms with Crippen LogP contribution in [0.15, 0.2) is 60.7 Å². The number of benzene rings is 2. The Hall–Kier alpha value is -2.92. The standard InChI is InChI=1S/C25H32N4O/c1-5-28(6-2)23(17-21-13-9-7-10-14-21)18-26-25(30)24-19(3)27-29(20(24)4)22-15-11-8-12-16-22/h7-16,23H,5-6,17-18H2,1-4H3,(H,26,30). The average molecular weight is 405 g/mol. The summed E-state index contributed by atoms with van der Waals surface area (Å²) in [6.07, 6.45) is 0.907. The van der Waals surface area contributed by atoms with Gasteiger partial charge in [0.1, 0.15) is 0 Å². The van der Waals surface area contributed by atoms with Gasteiger partial charge < -0.3 is 5.32 Å². The fourth-order valence-electron chi connectivity index (χ4n) is 4.05. The topological polar surface area (TPSA) is 50.2 Å². The van der Waals surface area contributed by atoms with Crippen LogP contribution in [-0.4, -0.2) is 46.3 Å². The van der Waals surface area contributed by atoms with Crippen molar-refractivity contribution >= 4 is 5.91 Å². The number of hydrogen-bond donors (Lipinski definition) is 1. The Kier molecular flexibility index (Phi) is 7.41. The SMILES string of the molecule is CCN(CC)C(CNC(=O)c1c(C)nn(-c2ccccc2)c1C)Cc1ccccc1. The minimum atomic E-state index is -0.0580. The first kappa shape index (κ1) is 21.8. The molecule has 0 bridgehead atoms. The van der Waals surface area contributed by atoms with Gasteiger partial charge in [0.05, 0.1) is 22.6 Å². The highest BCUT2D eigenvalue weighted by Crippen LogP contribution is 2.18. The highest BCUT2D eigenvalue weighted by atomic mass is 16.1. The average Bonchev–Trinajstić information content (AvgIpc) is 3.07. The number of rotatable bonds is 9. The van der Waals surface area contributed by atoms with E-state index >= 15 is 0 Å². The van der Waals surface area contributed by atoms with Crippen LogP contribution < -0.4 is 5.32 Å². The van der Waals surface area contributed by atoms with Crippen molar-refractivity contribution in [2.75, 3.05) is 19.6 Å². The molecule has 1 heterocycles. The number of carbonyl (C=O) groups is 1. The van der Waals surface area contributed by atoms with Gasteiger partial charge in [-0.15, -0.1) is 0 Å². The molecule has 3 rings (SSSR count). The van der Waals surface area contributed by atoms with Crippen molar-refractivity contribution in [2.45, 2.75) is 40.2 Å². The van der Waals surface area contributed by atoms with Crippen LogP contribution >= 0.6 is 0 Å². The molecular formula is C25H32N4O. The van der Waals surface area contributed by atoms with Crippen LogP contribution in [0.2, 0.25) is 0 Å². The minimum absolute atomic E-state index is 0.0580. The number of para-hydroxylation sites is 1. The molecule has 0 saturated heterocycles. The Labute approximate surface area is 179 Å². The highest BCUT2D eigenvalue weighted by molar-refractivity contribution is 5.96. The van der Waals surface area contributed by atoms with Crippen LogP contribution in [0.3, 0.4) is 0 Å². The van der Waals surface area contributed by atoms with E-state index in [1.165, 1.54) is 5.56 Å². The Bertz CT molecular complexity index is 946. The Morgan fingerprint density at radius 1 is 1.00 bits per heavy atom. The van der Waals surface area contributed by atoms with E-state index in [-0.39, 0.29) is 11.9 Å². The van der Waals surface area contributed by atoms with E-state index in [0.29, 0.717) is 12.1 Å². The van der Waals surface area contributed by atoms with Gasteiger partial charge in [-0.3, -0.25) is 9.69 Å². The number of amides is 1. The van der Waals surface area contributed by atoms with Gasteiger partial charge in [-0.25, -0.2) is 4.68 Å². The third-order valence-corrected chi connectivity index (χ3v) is 5.66. The molecule has 1 unspecified atom stereocenters. The molecule has 1 amide bonds. The summed E-state index contributed by atoms with van der Waals surface area (Å²) >= 11 is 0. The number of aryl methyl sites for hydroxylation is 1. The molecule has 30 heavy (non-hydrogen) atoms. The second kappa shape index (κ2) is 10.2. The van der Waals surface area contributed by atoms with Gasteiger partial charge in [-0.05, 0) is 51.1 Å². The minimum Gasteiger partial charge on any atom is -0.350 e. The smallest absolute Gasteiger partial charge is 0.255 e. The molecule has 5 heteroatoms. The van der Waals surface area contributed by atoms with Crippen molar-refractivity contribution in [3.63, 3.8) is 0 Å². The molecule has 1 atom stereocenters. The second-order valence-electron chi connectivity index (χ2n) is 7.57. The summed E-state index contributed by atoms with van der Waals surface area (Å²) in [6.45, 7) is 10.7. The maximum absolute atomic E-state index is 13.1. The summed E-state index contributed by atoms with van der Waals surface area (Å²) in [7, 11) is 0. The molecular weight excluding hydrogens is 372 g/mol. The van der Waals surface area contributed by atoms with Gasteiger partial charge in [0.2, 0.25) is 0 Å². The van der Waals surface area contributed by atoms with Crippen LogP contribution in [-0.2, 0) is 6.42 Å². The highest BCUT2D eigenvalue weighted by Gasteiger charge is 2.22. The van der Waals surface area contributed by atoms with E-state index < -0.39 is 0 Å². The zero-order chi connectivity index (χ0) is 21.5. The quantitative estimate of drug-likeness (QED) is 0.582. The van der Waals surface area contributed by atoms with Crippen LogP contribution in [0, 0.1) is 13.8 Å². The van der Waals surface area contributed by atoms with Crippen LogP contribution in [0.25, 0.3) is 5.69 Å². The fourth-order valence-corrected chi connectivity index (χ4v) is 4.05. The lowest BCUT2D eigenvalue weighted by atomic mass is 10.0. The lowest BCUT2D eigenvalue weighted by Crippen LogP contribution is -2.45. The molecule has 1 aromatic heterocycles. The maximum atomic E-state index is 13.1. The first-order chi connectivity index (χ1) is 14.5. The summed E-state index contributed by atoms with van der Waals surface area (Å²) in [5, 5.41) is 7.79. The fraction of sp³-hybridized carbons (Fsp3) is 0.360. The molecule has 0 aliphatic carbocycles. The van der Waals surface area contributed by atoms with Gasteiger partial charge in [0.15, 0.2) is 0 Å². The molecule has 0 fully saturated rings. The van der Waals surface area contributed by atoms with E-state index in [4.69, 9.17) is 0 Å². The third kappa shape index (κ3) is 4.97. The van der Waals surface area contributed by atoms with Crippen molar-refractivity contribution in [1.82, 2.24) is 20.0 Å². The first-order valence-corrected chi connectivity index (χ1v) is 10.7. The summed E-state index contributed by atoms with van der Waals surface area (Å²) in [5.74, 6) is -0.0580. The van der Waals surface area contributed by atoms with Crippen molar-refractivity contribution in [2.24, 2.45) is 0 Å². The van der Waals surface area contributed by atoms with Crippen molar-refractivity contribution in [3.05, 3.63) is 83.2 Å². The molecule has 3 aromatic rings. The van der Waals surface area contributed by atoms with E-state index in [1.54, 1.807) is 0 Å². The maximum Gasteiger partial charge on any atom is 0.255 e. The molecule has 0 radical (unpaired) electrons. The Balaban J connectivity index is 1.76. The molecule has 0 saturated carbocycles. The number of aromatic nitrogens is 2. The second-order valence-corrected chi connectivity index (χ2v) is 7.57. The van der Waals surface area contributed by atoms with E-state index in [0.717, 1.165) is 36.6 Å². The summed E-state index contributed by atoms with van der Waals surface area (Å²) in [5.41, 5.74) is 4.52. The molecule has 2 aromatic carbocycles. The predicted molar refractivity (Wildman–Crippen MR) is 122 cm³/mol. The van der Waals surface area contributed by atoms with Gasteiger partial charge >= 0.3 is 0 Å². The monoisotopic (exact) mass is 404 g/mol. The molecule has 158 valence electrons. The molecule has 0 aliphatic rings. The molecule has 1 N–H and O–H groups in total. The van der Waals surface area contributed by atoms with E-state index in [9.17, 15) is 4.79 Å². The lowest BCUT2D eigenvalue weighted by molar-refractivity contribution is 0.0933. The largest absolute Gasteiger partial charge is 0.350 e. The van der Waals surface area contributed by atoms with E-state index in [1.807, 2.05) is 54.9 Å². The van der Waals surface area contributed by atoms with Crippen LogP contribution in [0.1, 0.15) is 41.2 Å². The van der Waals surface area contributed by atoms with Crippen LogP contribution in [0.5, 0.6) is 0 Å². The summed E-state index contributed by atoms with van der Waals surface area (Å²) in [4.78, 5) is 15.5. The number of likely N-dealkylation sites (N-methyl/N-ethyl adjacent to an activating group) is 1. The molecule has 0 aliphatic heterocycles. The predicted octanol–water partition coefficient (Wildman–Crippen LogP) is 4.17. The van der Waals surface area contributed by atoms with Crippen molar-refractivity contribution < 1.29 is 4.79 Å². The van der Waals surface area contributed by atoms with E-state index in [2.05, 4.69) is 53.4 Å².